The van der Waals surface area contributed by atoms with Gasteiger partial charge in [0.05, 0.1) is 0 Å². The zero-order chi connectivity index (χ0) is 7.72. The van der Waals surface area contributed by atoms with E-state index in [4.69, 9.17) is 0 Å². The monoisotopic (exact) mass is 271 g/mol. The van der Waals surface area contributed by atoms with E-state index < -0.39 is 0 Å². The number of nitrogens with one attached hydrogen (secondary N) is 1. The molecule has 1 nitrogen and oxygen atoms in total. The van der Waals surface area contributed by atoms with Crippen LogP contribution in [0.25, 0.3) is 0 Å². The minimum absolute atomic E-state index is 0.542. The van der Waals surface area contributed by atoms with Crippen LogP contribution in [0.3, 0.4) is 0 Å². The van der Waals surface area contributed by atoms with Gasteiger partial charge in [-0.25, -0.2) is 0 Å². The van der Waals surface area contributed by atoms with Gasteiger partial charge < -0.3 is 5.32 Å². The highest BCUT2D eigenvalue weighted by molar-refractivity contribution is 14.1. The highest BCUT2D eigenvalue weighted by Gasteiger charge is 2.32. The summed E-state index contributed by atoms with van der Waals surface area (Å²) >= 11 is 7.02. The van der Waals surface area contributed by atoms with Crippen LogP contribution in [-0.2, 0) is 0 Å². The molecule has 1 aliphatic heterocycles. The van der Waals surface area contributed by atoms with E-state index in [2.05, 4.69) is 54.4 Å². The molecule has 3 atom stereocenters. The molecule has 0 amide bonds. The molecule has 1 N–H and O–H groups in total. The van der Waals surface area contributed by atoms with E-state index >= 15 is 0 Å². The molecule has 1 saturated heterocycles. The normalized spacial score (nSPS) is 41.1. The summed E-state index contributed by atoms with van der Waals surface area (Å²) in [5.41, 5.74) is 0. The first-order valence-electron chi connectivity index (χ1n) is 3.68. The van der Waals surface area contributed by atoms with E-state index in [0.717, 1.165) is 6.54 Å². The predicted octanol–water partition coefficient (Wildman–Crippen LogP) is 1.72. The quantitative estimate of drug-likeness (QED) is 0.420. The SMILES string of the molecule is CC(C)C1NCC(I)C1S. The molecule has 0 aromatic carbocycles. The second-order valence-electron chi connectivity index (χ2n) is 3.18. The van der Waals surface area contributed by atoms with E-state index in [0.29, 0.717) is 21.1 Å². The molecule has 0 aromatic heterocycles. The Labute approximate surface area is 81.9 Å². The molecule has 3 unspecified atom stereocenters. The third-order valence-electron chi connectivity index (χ3n) is 2.01. The molecular formula is C7H14INS. The second kappa shape index (κ2) is 3.63. The Kier molecular flexibility index (Phi) is 3.31. The Morgan fingerprint density at radius 3 is 2.40 bits per heavy atom. The molecular weight excluding hydrogens is 257 g/mol. The zero-order valence-electron chi connectivity index (χ0n) is 6.34. The van der Waals surface area contributed by atoms with Gasteiger partial charge in [0.2, 0.25) is 0 Å². The van der Waals surface area contributed by atoms with Gasteiger partial charge in [-0.15, -0.1) is 0 Å². The lowest BCUT2D eigenvalue weighted by Crippen LogP contribution is -2.33. The van der Waals surface area contributed by atoms with Crippen LogP contribution in [0.5, 0.6) is 0 Å². The molecule has 1 aliphatic rings. The van der Waals surface area contributed by atoms with E-state index in [-0.39, 0.29) is 0 Å². The molecule has 1 rings (SSSR count). The number of halogens is 1. The van der Waals surface area contributed by atoms with Gasteiger partial charge in [0, 0.05) is 21.8 Å². The fourth-order valence-electron chi connectivity index (χ4n) is 1.35. The predicted molar refractivity (Wildman–Crippen MR) is 57.2 cm³/mol. The summed E-state index contributed by atoms with van der Waals surface area (Å²) < 4.78 is 0.702. The average Bonchev–Trinajstić information content (AvgIpc) is 2.14. The van der Waals surface area contributed by atoms with Gasteiger partial charge in [-0.1, -0.05) is 36.4 Å². The first-order valence-corrected chi connectivity index (χ1v) is 5.44. The summed E-state index contributed by atoms with van der Waals surface area (Å²) in [6.45, 7) is 5.61. The number of alkyl halides is 1. The molecule has 10 heavy (non-hydrogen) atoms. The molecule has 60 valence electrons. The number of thiol groups is 1. The van der Waals surface area contributed by atoms with E-state index in [1.54, 1.807) is 0 Å². The van der Waals surface area contributed by atoms with Crippen molar-refractivity contribution in [2.75, 3.05) is 6.54 Å². The van der Waals surface area contributed by atoms with Crippen LogP contribution in [0.1, 0.15) is 13.8 Å². The highest BCUT2D eigenvalue weighted by atomic mass is 127. The third kappa shape index (κ3) is 1.80. The first-order chi connectivity index (χ1) is 4.63. The van der Waals surface area contributed by atoms with Crippen molar-refractivity contribution in [3.8, 4) is 0 Å². The summed E-state index contributed by atoms with van der Waals surface area (Å²) in [6, 6.07) is 0.616. The van der Waals surface area contributed by atoms with Crippen molar-refractivity contribution >= 4 is 35.2 Å². The lowest BCUT2D eigenvalue weighted by Gasteiger charge is -2.19. The minimum Gasteiger partial charge on any atom is -0.312 e. The van der Waals surface area contributed by atoms with Gasteiger partial charge in [0.15, 0.2) is 0 Å². The summed E-state index contributed by atoms with van der Waals surface area (Å²) in [5, 5.41) is 4.01. The van der Waals surface area contributed by atoms with Crippen LogP contribution in [-0.4, -0.2) is 21.8 Å². The largest absolute Gasteiger partial charge is 0.312 e. The van der Waals surface area contributed by atoms with Crippen LogP contribution < -0.4 is 5.32 Å². The molecule has 0 aliphatic carbocycles. The summed E-state index contributed by atoms with van der Waals surface area (Å²) in [7, 11) is 0. The van der Waals surface area contributed by atoms with Crippen molar-refractivity contribution in [3.05, 3.63) is 0 Å². The van der Waals surface area contributed by atoms with Gasteiger partial charge in [0.1, 0.15) is 0 Å². The Hall–Kier alpha value is 1.04. The van der Waals surface area contributed by atoms with Crippen molar-refractivity contribution in [1.29, 1.82) is 0 Å². The lowest BCUT2D eigenvalue weighted by atomic mass is 10.0. The van der Waals surface area contributed by atoms with Crippen LogP contribution in [0.15, 0.2) is 0 Å². The van der Waals surface area contributed by atoms with Crippen molar-refractivity contribution < 1.29 is 0 Å². The number of hydrogen-bond acceptors (Lipinski definition) is 2. The Morgan fingerprint density at radius 1 is 1.60 bits per heavy atom. The van der Waals surface area contributed by atoms with Gasteiger partial charge in [-0.3, -0.25) is 0 Å². The van der Waals surface area contributed by atoms with Crippen LogP contribution >= 0.6 is 35.2 Å². The molecule has 1 heterocycles. The topological polar surface area (TPSA) is 12.0 Å². The zero-order valence-corrected chi connectivity index (χ0v) is 9.39. The number of rotatable bonds is 1. The fraction of sp³-hybridized carbons (Fsp3) is 1.00. The first kappa shape index (κ1) is 9.13. The maximum atomic E-state index is 4.55. The second-order valence-corrected chi connectivity index (χ2v) is 5.38. The van der Waals surface area contributed by atoms with E-state index in [1.807, 2.05) is 0 Å². The van der Waals surface area contributed by atoms with Crippen molar-refractivity contribution in [1.82, 2.24) is 5.32 Å². The third-order valence-corrected chi connectivity index (χ3v) is 4.47. The minimum atomic E-state index is 0.542. The van der Waals surface area contributed by atoms with E-state index in [1.165, 1.54) is 0 Å². The molecule has 0 saturated carbocycles. The smallest absolute Gasteiger partial charge is 0.0366 e. The lowest BCUT2D eigenvalue weighted by molar-refractivity contribution is 0.461. The van der Waals surface area contributed by atoms with Crippen LogP contribution in [0.2, 0.25) is 0 Å². The average molecular weight is 271 g/mol. The Morgan fingerprint density at radius 2 is 2.20 bits per heavy atom. The van der Waals surface area contributed by atoms with Crippen molar-refractivity contribution in [2.24, 2.45) is 5.92 Å². The molecule has 3 heteroatoms. The highest BCUT2D eigenvalue weighted by Crippen LogP contribution is 2.25. The molecule has 0 spiro atoms. The number of hydrogen-bond donors (Lipinski definition) is 2. The summed E-state index contributed by atoms with van der Waals surface area (Å²) in [6.07, 6.45) is 0. The Balaban J connectivity index is 2.49. The molecule has 0 radical (unpaired) electrons. The van der Waals surface area contributed by atoms with Crippen molar-refractivity contribution in [2.45, 2.75) is 29.1 Å². The molecule has 1 fully saturated rings. The Bertz CT molecular complexity index is 118. The van der Waals surface area contributed by atoms with E-state index in [9.17, 15) is 0 Å². The summed E-state index contributed by atoms with van der Waals surface area (Å²) in [5.74, 6) is 0.710. The van der Waals surface area contributed by atoms with Gasteiger partial charge in [-0.2, -0.15) is 12.6 Å². The maximum absolute atomic E-state index is 4.55. The maximum Gasteiger partial charge on any atom is 0.0366 e. The molecule has 0 aromatic rings. The van der Waals surface area contributed by atoms with Crippen LogP contribution in [0, 0.1) is 5.92 Å². The van der Waals surface area contributed by atoms with Gasteiger partial charge in [-0.05, 0) is 5.92 Å². The fourth-order valence-corrected chi connectivity index (χ4v) is 2.60. The van der Waals surface area contributed by atoms with Gasteiger partial charge >= 0.3 is 0 Å². The summed E-state index contributed by atoms with van der Waals surface area (Å²) in [4.78, 5) is 0. The van der Waals surface area contributed by atoms with Crippen molar-refractivity contribution in [3.63, 3.8) is 0 Å². The standard InChI is InChI=1S/C7H14INS/c1-4(2)6-7(10)5(8)3-9-6/h4-7,9-10H,3H2,1-2H3. The van der Waals surface area contributed by atoms with Crippen LogP contribution in [0.4, 0.5) is 0 Å². The van der Waals surface area contributed by atoms with Gasteiger partial charge in [0.25, 0.3) is 0 Å². The molecule has 0 bridgehead atoms.